The van der Waals surface area contributed by atoms with Crippen molar-refractivity contribution < 1.29 is 9.90 Å². The Balaban J connectivity index is 1.53. The van der Waals surface area contributed by atoms with Crippen LogP contribution in [0.25, 0.3) is 11.0 Å². The van der Waals surface area contributed by atoms with Crippen molar-refractivity contribution in [1.29, 1.82) is 0 Å². The van der Waals surface area contributed by atoms with Crippen LogP contribution in [0.3, 0.4) is 0 Å². The van der Waals surface area contributed by atoms with Gasteiger partial charge in [-0.3, -0.25) is 0 Å². The van der Waals surface area contributed by atoms with E-state index in [9.17, 15) is 4.79 Å². The molecule has 0 bridgehead atoms. The highest BCUT2D eigenvalue weighted by Crippen LogP contribution is 2.17. The summed E-state index contributed by atoms with van der Waals surface area (Å²) in [5.74, 6) is 1.31. The zero-order valence-electron chi connectivity index (χ0n) is 13.5. The molecule has 124 valence electrons. The van der Waals surface area contributed by atoms with E-state index in [0.717, 1.165) is 42.8 Å². The number of benzene rings is 1. The molecule has 0 atom stereocenters. The minimum atomic E-state index is -0.0107. The second-order valence-corrected chi connectivity index (χ2v) is 6.14. The quantitative estimate of drug-likeness (QED) is 0.903. The SMILES string of the molecule is Cc1nc2ccccc2n1CCNC(=O)N1CCC(CO)CC1. The fraction of sp³-hybridized carbons (Fsp3) is 0.529. The molecular weight excluding hydrogens is 292 g/mol. The van der Waals surface area contributed by atoms with E-state index >= 15 is 0 Å². The Hall–Kier alpha value is -2.08. The number of imidazole rings is 1. The van der Waals surface area contributed by atoms with Gasteiger partial charge in [0.1, 0.15) is 5.82 Å². The molecule has 0 saturated carbocycles. The van der Waals surface area contributed by atoms with Gasteiger partial charge in [-0.05, 0) is 37.8 Å². The molecule has 0 aliphatic carbocycles. The Labute approximate surface area is 136 Å². The number of aliphatic hydroxyl groups is 1. The number of aryl methyl sites for hydroxylation is 1. The number of likely N-dealkylation sites (tertiary alicyclic amines) is 1. The number of carbonyl (C=O) groups is 1. The molecule has 1 aliphatic heterocycles. The van der Waals surface area contributed by atoms with Crippen molar-refractivity contribution in [3.8, 4) is 0 Å². The normalized spacial score (nSPS) is 16.0. The first-order chi connectivity index (χ1) is 11.2. The molecule has 23 heavy (non-hydrogen) atoms. The molecule has 2 N–H and O–H groups in total. The van der Waals surface area contributed by atoms with E-state index in [4.69, 9.17) is 5.11 Å². The van der Waals surface area contributed by atoms with Gasteiger partial charge in [-0.1, -0.05) is 12.1 Å². The van der Waals surface area contributed by atoms with Gasteiger partial charge in [0.2, 0.25) is 0 Å². The lowest BCUT2D eigenvalue weighted by Crippen LogP contribution is -2.45. The zero-order chi connectivity index (χ0) is 16.2. The summed E-state index contributed by atoms with van der Waals surface area (Å²) in [6, 6.07) is 8.03. The molecular formula is C17H24N4O2. The van der Waals surface area contributed by atoms with Crippen LogP contribution in [0.15, 0.2) is 24.3 Å². The molecule has 1 aromatic carbocycles. The molecule has 1 aliphatic rings. The van der Waals surface area contributed by atoms with Gasteiger partial charge in [-0.25, -0.2) is 9.78 Å². The predicted octanol–water partition coefficient (Wildman–Crippen LogP) is 1.76. The Morgan fingerprint density at radius 3 is 2.83 bits per heavy atom. The molecule has 6 heteroatoms. The van der Waals surface area contributed by atoms with Gasteiger partial charge in [0.15, 0.2) is 0 Å². The molecule has 2 aromatic rings. The van der Waals surface area contributed by atoms with Crippen LogP contribution >= 0.6 is 0 Å². The van der Waals surface area contributed by atoms with Crippen LogP contribution in [-0.2, 0) is 6.54 Å². The van der Waals surface area contributed by atoms with Crippen molar-refractivity contribution in [2.24, 2.45) is 5.92 Å². The molecule has 1 fully saturated rings. The number of carbonyl (C=O) groups excluding carboxylic acids is 1. The summed E-state index contributed by atoms with van der Waals surface area (Å²) in [4.78, 5) is 18.6. The van der Waals surface area contributed by atoms with E-state index in [1.54, 1.807) is 0 Å². The molecule has 6 nitrogen and oxygen atoms in total. The third kappa shape index (κ3) is 3.47. The van der Waals surface area contributed by atoms with Crippen LogP contribution in [-0.4, -0.2) is 51.8 Å². The van der Waals surface area contributed by atoms with Crippen LogP contribution < -0.4 is 5.32 Å². The molecule has 2 heterocycles. The van der Waals surface area contributed by atoms with E-state index in [-0.39, 0.29) is 12.6 Å². The third-order valence-corrected chi connectivity index (χ3v) is 4.62. The molecule has 3 rings (SSSR count). The van der Waals surface area contributed by atoms with E-state index in [1.165, 1.54) is 0 Å². The van der Waals surface area contributed by atoms with Crippen LogP contribution in [0, 0.1) is 12.8 Å². The average molecular weight is 316 g/mol. The maximum Gasteiger partial charge on any atom is 0.317 e. The van der Waals surface area contributed by atoms with Crippen LogP contribution in [0.5, 0.6) is 0 Å². The number of nitrogens with one attached hydrogen (secondary N) is 1. The standard InChI is InChI=1S/C17H24N4O2/c1-13-19-15-4-2-3-5-16(15)21(13)11-8-18-17(23)20-9-6-14(12-22)7-10-20/h2-5,14,22H,6-12H2,1H3,(H,18,23). The molecule has 0 spiro atoms. The first kappa shape index (κ1) is 15.8. The monoisotopic (exact) mass is 316 g/mol. The number of fused-ring (bicyclic) bond motifs is 1. The van der Waals surface area contributed by atoms with Crippen molar-refractivity contribution in [2.75, 3.05) is 26.2 Å². The van der Waals surface area contributed by atoms with E-state index in [1.807, 2.05) is 30.0 Å². The Kier molecular flexibility index (Phi) is 4.81. The number of rotatable bonds is 4. The smallest absolute Gasteiger partial charge is 0.317 e. The summed E-state index contributed by atoms with van der Waals surface area (Å²) in [7, 11) is 0. The predicted molar refractivity (Wildman–Crippen MR) is 89.3 cm³/mol. The number of hydrogen-bond donors (Lipinski definition) is 2. The maximum atomic E-state index is 12.2. The van der Waals surface area contributed by atoms with Gasteiger partial charge in [0, 0.05) is 32.8 Å². The number of aromatic nitrogens is 2. The summed E-state index contributed by atoms with van der Waals surface area (Å²) in [6.07, 6.45) is 1.77. The van der Waals surface area contributed by atoms with Crippen LogP contribution in [0.2, 0.25) is 0 Å². The van der Waals surface area contributed by atoms with Crippen LogP contribution in [0.4, 0.5) is 4.79 Å². The summed E-state index contributed by atoms with van der Waals surface area (Å²) in [5, 5.41) is 12.1. The molecule has 0 radical (unpaired) electrons. The maximum absolute atomic E-state index is 12.2. The van der Waals surface area contributed by atoms with E-state index in [2.05, 4.69) is 20.9 Å². The average Bonchev–Trinajstić information content (AvgIpc) is 2.90. The van der Waals surface area contributed by atoms with Gasteiger partial charge in [0.25, 0.3) is 0 Å². The van der Waals surface area contributed by atoms with Crippen molar-refractivity contribution in [2.45, 2.75) is 26.3 Å². The zero-order valence-corrected chi connectivity index (χ0v) is 13.5. The number of para-hydroxylation sites is 2. The molecule has 0 unspecified atom stereocenters. The fourth-order valence-electron chi connectivity index (χ4n) is 3.18. The third-order valence-electron chi connectivity index (χ3n) is 4.62. The first-order valence-corrected chi connectivity index (χ1v) is 8.24. The molecule has 1 saturated heterocycles. The summed E-state index contributed by atoms with van der Waals surface area (Å²) in [5.41, 5.74) is 2.09. The van der Waals surface area contributed by atoms with E-state index in [0.29, 0.717) is 19.0 Å². The Morgan fingerprint density at radius 2 is 2.09 bits per heavy atom. The van der Waals surface area contributed by atoms with Crippen molar-refractivity contribution in [3.05, 3.63) is 30.1 Å². The number of urea groups is 1. The van der Waals surface area contributed by atoms with Crippen molar-refractivity contribution in [1.82, 2.24) is 19.8 Å². The number of aliphatic hydroxyl groups excluding tert-OH is 1. The van der Waals surface area contributed by atoms with Crippen molar-refractivity contribution >= 4 is 17.1 Å². The molecule has 1 aromatic heterocycles. The first-order valence-electron chi connectivity index (χ1n) is 8.24. The topological polar surface area (TPSA) is 70.4 Å². The summed E-state index contributed by atoms with van der Waals surface area (Å²) < 4.78 is 2.13. The highest BCUT2D eigenvalue weighted by molar-refractivity contribution is 5.76. The molecule has 2 amide bonds. The number of nitrogens with zero attached hydrogens (tertiary/aromatic N) is 3. The lowest BCUT2D eigenvalue weighted by molar-refractivity contribution is 0.137. The van der Waals surface area contributed by atoms with E-state index < -0.39 is 0 Å². The Bertz CT molecular complexity index is 674. The van der Waals surface area contributed by atoms with Gasteiger partial charge >= 0.3 is 6.03 Å². The minimum absolute atomic E-state index is 0.0107. The van der Waals surface area contributed by atoms with Gasteiger partial charge < -0.3 is 19.9 Å². The minimum Gasteiger partial charge on any atom is -0.396 e. The lowest BCUT2D eigenvalue weighted by atomic mass is 9.98. The van der Waals surface area contributed by atoms with Gasteiger partial charge in [0.05, 0.1) is 11.0 Å². The van der Waals surface area contributed by atoms with Gasteiger partial charge in [-0.15, -0.1) is 0 Å². The van der Waals surface area contributed by atoms with Crippen LogP contribution in [0.1, 0.15) is 18.7 Å². The second kappa shape index (κ2) is 7.00. The van der Waals surface area contributed by atoms with Crippen molar-refractivity contribution in [3.63, 3.8) is 0 Å². The number of piperidine rings is 1. The highest BCUT2D eigenvalue weighted by Gasteiger charge is 2.21. The largest absolute Gasteiger partial charge is 0.396 e. The number of hydrogen-bond acceptors (Lipinski definition) is 3. The Morgan fingerprint density at radius 1 is 1.35 bits per heavy atom. The summed E-state index contributed by atoms with van der Waals surface area (Å²) in [6.45, 7) is 4.96. The summed E-state index contributed by atoms with van der Waals surface area (Å²) >= 11 is 0. The highest BCUT2D eigenvalue weighted by atomic mass is 16.3. The second-order valence-electron chi connectivity index (χ2n) is 6.14. The lowest BCUT2D eigenvalue weighted by Gasteiger charge is -2.31. The van der Waals surface area contributed by atoms with Gasteiger partial charge in [-0.2, -0.15) is 0 Å². The number of amides is 2. The fourth-order valence-corrected chi connectivity index (χ4v) is 3.18.